The zero-order valence-electron chi connectivity index (χ0n) is 15.1. The molecule has 1 aromatic heterocycles. The van der Waals surface area contributed by atoms with E-state index in [1.165, 1.54) is 6.26 Å². The molecule has 0 bridgehead atoms. The van der Waals surface area contributed by atoms with Gasteiger partial charge in [-0.05, 0) is 29.8 Å². The number of rotatable bonds is 3. The highest BCUT2D eigenvalue weighted by Crippen LogP contribution is 2.30. The van der Waals surface area contributed by atoms with Gasteiger partial charge in [-0.15, -0.1) is 0 Å². The molecule has 7 nitrogen and oxygen atoms in total. The van der Waals surface area contributed by atoms with Gasteiger partial charge in [0.05, 0.1) is 25.9 Å². The smallest absolute Gasteiger partial charge is 0.289 e. The van der Waals surface area contributed by atoms with E-state index < -0.39 is 0 Å². The van der Waals surface area contributed by atoms with Crippen molar-refractivity contribution in [1.29, 1.82) is 0 Å². The maximum atomic E-state index is 12.6. The molecule has 0 unspecified atom stereocenters. The molecular formula is C20H22N2O5. The highest BCUT2D eigenvalue weighted by atomic mass is 16.5. The molecule has 1 saturated heterocycles. The first-order chi connectivity index (χ1) is 13.2. The topological polar surface area (TPSA) is 72.2 Å². The minimum absolute atomic E-state index is 0.0505. The van der Waals surface area contributed by atoms with Gasteiger partial charge in [-0.3, -0.25) is 9.59 Å². The first kappa shape index (κ1) is 17.5. The third-order valence-corrected chi connectivity index (χ3v) is 4.82. The summed E-state index contributed by atoms with van der Waals surface area (Å²) in [6.07, 6.45) is 2.65. The fourth-order valence-electron chi connectivity index (χ4n) is 3.32. The van der Waals surface area contributed by atoms with Crippen LogP contribution in [-0.4, -0.2) is 61.0 Å². The summed E-state index contributed by atoms with van der Waals surface area (Å²) in [5, 5.41) is 0. The lowest BCUT2D eigenvalue weighted by molar-refractivity contribution is -0.131. The van der Waals surface area contributed by atoms with Crippen molar-refractivity contribution in [2.45, 2.75) is 12.8 Å². The average molecular weight is 370 g/mol. The molecule has 4 rings (SSSR count). The van der Waals surface area contributed by atoms with Crippen LogP contribution in [0.3, 0.4) is 0 Å². The number of carbonyl (C=O) groups excluding carboxylic acids is 2. The number of amides is 2. The first-order valence-corrected chi connectivity index (χ1v) is 9.20. The van der Waals surface area contributed by atoms with Crippen molar-refractivity contribution in [1.82, 2.24) is 9.80 Å². The normalized spacial score (nSPS) is 16.7. The number of ether oxygens (including phenoxy) is 2. The number of nitrogens with zero attached hydrogens (tertiary/aromatic N) is 2. The lowest BCUT2D eigenvalue weighted by Crippen LogP contribution is -2.50. The van der Waals surface area contributed by atoms with Crippen molar-refractivity contribution in [2.75, 3.05) is 39.4 Å². The van der Waals surface area contributed by atoms with Crippen LogP contribution < -0.4 is 9.47 Å². The summed E-state index contributed by atoms with van der Waals surface area (Å²) in [7, 11) is 0. The maximum Gasteiger partial charge on any atom is 0.289 e. The first-order valence-electron chi connectivity index (χ1n) is 9.20. The van der Waals surface area contributed by atoms with Crippen LogP contribution >= 0.6 is 0 Å². The number of carbonyl (C=O) groups is 2. The average Bonchev–Trinajstić information content (AvgIpc) is 3.13. The van der Waals surface area contributed by atoms with Gasteiger partial charge in [0, 0.05) is 32.6 Å². The monoisotopic (exact) mass is 370 g/mol. The van der Waals surface area contributed by atoms with Crippen LogP contribution in [0.4, 0.5) is 0 Å². The largest absolute Gasteiger partial charge is 0.490 e. The highest BCUT2D eigenvalue weighted by Gasteiger charge is 2.26. The summed E-state index contributed by atoms with van der Waals surface area (Å²) < 4.78 is 16.5. The second-order valence-electron chi connectivity index (χ2n) is 6.66. The molecule has 2 aromatic rings. The summed E-state index contributed by atoms with van der Waals surface area (Å²) >= 11 is 0. The Morgan fingerprint density at radius 2 is 1.67 bits per heavy atom. The summed E-state index contributed by atoms with van der Waals surface area (Å²) in [5.41, 5.74) is 0.901. The lowest BCUT2D eigenvalue weighted by Gasteiger charge is -2.34. The van der Waals surface area contributed by atoms with Crippen LogP contribution in [0.5, 0.6) is 11.5 Å². The Morgan fingerprint density at radius 1 is 0.926 bits per heavy atom. The number of fused-ring (bicyclic) bond motifs is 1. The van der Waals surface area contributed by atoms with Gasteiger partial charge in [0.2, 0.25) is 5.91 Å². The Hall–Kier alpha value is -2.96. The molecule has 2 aliphatic rings. The Balaban J connectivity index is 1.33. The van der Waals surface area contributed by atoms with Crippen LogP contribution in [0.25, 0.3) is 0 Å². The molecule has 142 valence electrons. The van der Waals surface area contributed by atoms with Gasteiger partial charge in [0.1, 0.15) is 0 Å². The van der Waals surface area contributed by atoms with Crippen molar-refractivity contribution in [3.8, 4) is 11.5 Å². The SMILES string of the molecule is O=C(Cc1ccc2c(c1)OCCCO2)N1CCN(C(=O)c2ccco2)CC1. The zero-order valence-corrected chi connectivity index (χ0v) is 15.1. The second-order valence-corrected chi connectivity index (χ2v) is 6.66. The zero-order chi connectivity index (χ0) is 18.6. The second kappa shape index (κ2) is 7.73. The van der Waals surface area contributed by atoms with Crippen molar-refractivity contribution in [3.05, 3.63) is 47.9 Å². The molecule has 0 atom stereocenters. The summed E-state index contributed by atoms with van der Waals surface area (Å²) in [5.74, 6) is 1.69. The number of hydrogen-bond donors (Lipinski definition) is 0. The van der Waals surface area contributed by atoms with Gasteiger partial charge in [0.15, 0.2) is 17.3 Å². The lowest BCUT2D eigenvalue weighted by atomic mass is 10.1. The molecule has 1 fully saturated rings. The van der Waals surface area contributed by atoms with Crippen LogP contribution in [0.2, 0.25) is 0 Å². The van der Waals surface area contributed by atoms with Gasteiger partial charge in [-0.2, -0.15) is 0 Å². The van der Waals surface area contributed by atoms with E-state index in [1.54, 1.807) is 21.9 Å². The van der Waals surface area contributed by atoms with Gasteiger partial charge in [-0.1, -0.05) is 6.07 Å². The van der Waals surface area contributed by atoms with E-state index in [0.29, 0.717) is 57.3 Å². The van der Waals surface area contributed by atoms with Crippen LogP contribution in [0.15, 0.2) is 41.0 Å². The van der Waals surface area contributed by atoms with Crippen molar-refractivity contribution in [3.63, 3.8) is 0 Å². The number of hydrogen-bond acceptors (Lipinski definition) is 5. The standard InChI is InChI=1S/C20H22N2O5/c23-19(14-15-4-5-16-18(13-15)27-12-2-11-25-16)21-6-8-22(9-7-21)20(24)17-3-1-10-26-17/h1,3-5,10,13H,2,6-9,11-12,14H2. The third kappa shape index (κ3) is 3.92. The van der Waals surface area contributed by atoms with Crippen LogP contribution in [0, 0.1) is 0 Å². The van der Waals surface area contributed by atoms with E-state index in [2.05, 4.69) is 0 Å². The molecule has 27 heavy (non-hydrogen) atoms. The molecule has 0 radical (unpaired) electrons. The molecule has 7 heteroatoms. The Morgan fingerprint density at radius 3 is 2.41 bits per heavy atom. The minimum Gasteiger partial charge on any atom is -0.490 e. The van der Waals surface area contributed by atoms with E-state index >= 15 is 0 Å². The Bertz CT molecular complexity index is 810. The summed E-state index contributed by atoms with van der Waals surface area (Å²) in [6, 6.07) is 9.01. The Labute approximate surface area is 157 Å². The van der Waals surface area contributed by atoms with E-state index in [-0.39, 0.29) is 11.8 Å². The van der Waals surface area contributed by atoms with Crippen molar-refractivity contribution < 1.29 is 23.5 Å². The quantitative estimate of drug-likeness (QED) is 0.826. The van der Waals surface area contributed by atoms with Gasteiger partial charge in [0.25, 0.3) is 5.91 Å². The predicted molar refractivity (Wildman–Crippen MR) is 96.9 cm³/mol. The summed E-state index contributed by atoms with van der Waals surface area (Å²) in [6.45, 7) is 3.33. The molecule has 2 amide bonds. The number of furan rings is 1. The number of benzene rings is 1. The van der Waals surface area contributed by atoms with Gasteiger partial charge >= 0.3 is 0 Å². The molecule has 1 aromatic carbocycles. The fraction of sp³-hybridized carbons (Fsp3) is 0.400. The van der Waals surface area contributed by atoms with E-state index in [9.17, 15) is 9.59 Å². The molecule has 0 spiro atoms. The van der Waals surface area contributed by atoms with Crippen LogP contribution in [-0.2, 0) is 11.2 Å². The molecule has 0 saturated carbocycles. The molecule has 0 aliphatic carbocycles. The summed E-state index contributed by atoms with van der Waals surface area (Å²) in [4.78, 5) is 28.5. The maximum absolute atomic E-state index is 12.6. The fourth-order valence-corrected chi connectivity index (χ4v) is 3.32. The molecule has 2 aliphatic heterocycles. The third-order valence-electron chi connectivity index (χ3n) is 4.82. The highest BCUT2D eigenvalue weighted by molar-refractivity contribution is 5.91. The Kier molecular flexibility index (Phi) is 5.00. The molecule has 3 heterocycles. The molecular weight excluding hydrogens is 348 g/mol. The van der Waals surface area contributed by atoms with E-state index in [0.717, 1.165) is 17.7 Å². The minimum atomic E-state index is -0.130. The van der Waals surface area contributed by atoms with Gasteiger partial charge in [-0.25, -0.2) is 0 Å². The van der Waals surface area contributed by atoms with Crippen molar-refractivity contribution in [2.24, 2.45) is 0 Å². The molecule has 0 N–H and O–H groups in total. The predicted octanol–water partition coefficient (Wildman–Crippen LogP) is 1.97. The van der Waals surface area contributed by atoms with E-state index in [4.69, 9.17) is 13.9 Å². The van der Waals surface area contributed by atoms with Gasteiger partial charge < -0.3 is 23.7 Å². The van der Waals surface area contributed by atoms with Crippen LogP contribution in [0.1, 0.15) is 22.5 Å². The van der Waals surface area contributed by atoms with Crippen molar-refractivity contribution >= 4 is 11.8 Å². The number of piperazine rings is 1. The van der Waals surface area contributed by atoms with E-state index in [1.807, 2.05) is 18.2 Å².